The molecule has 0 radical (unpaired) electrons. The third-order valence-electron chi connectivity index (χ3n) is 2.47. The molecule has 0 saturated heterocycles. The number of hydrogen-bond donors (Lipinski definition) is 2. The van der Waals surface area contributed by atoms with E-state index in [9.17, 15) is 0 Å². The van der Waals surface area contributed by atoms with Gasteiger partial charge in [0.2, 0.25) is 0 Å². The van der Waals surface area contributed by atoms with Crippen LogP contribution in [0.25, 0.3) is 10.2 Å². The number of anilines is 2. The number of aryl methyl sites for hydroxylation is 1. The summed E-state index contributed by atoms with van der Waals surface area (Å²) in [5.41, 5.74) is 7.04. The van der Waals surface area contributed by atoms with Gasteiger partial charge in [-0.3, -0.25) is 0 Å². The lowest BCUT2D eigenvalue weighted by molar-refractivity contribution is 0.650. The molecule has 0 aliphatic carbocycles. The van der Waals surface area contributed by atoms with E-state index >= 15 is 0 Å². The molecule has 0 bridgehead atoms. The fraction of sp³-hybridized carbons (Fsp3) is 0.333. The first-order chi connectivity index (χ1) is 6.34. The second kappa shape index (κ2) is 2.42. The predicted octanol–water partition coefficient (Wildman–Crippen LogP) is 2.10. The van der Waals surface area contributed by atoms with Gasteiger partial charge in [-0.15, -0.1) is 11.3 Å². The maximum atomic E-state index is 5.75. The molecule has 0 saturated carbocycles. The highest BCUT2D eigenvalue weighted by atomic mass is 32.1. The van der Waals surface area contributed by atoms with Gasteiger partial charge in [0.05, 0.1) is 15.2 Å². The van der Waals surface area contributed by atoms with E-state index in [-0.39, 0.29) is 0 Å². The lowest BCUT2D eigenvalue weighted by atomic mass is 10.3. The molecule has 13 heavy (non-hydrogen) atoms. The van der Waals surface area contributed by atoms with Crippen molar-refractivity contribution in [1.29, 1.82) is 0 Å². The fourth-order valence-corrected chi connectivity index (χ4v) is 2.77. The summed E-state index contributed by atoms with van der Waals surface area (Å²) in [7, 11) is 0. The summed E-state index contributed by atoms with van der Waals surface area (Å²) < 4.78 is 3.60. The third-order valence-corrected chi connectivity index (χ3v) is 3.37. The van der Waals surface area contributed by atoms with Crippen LogP contribution in [0.3, 0.4) is 0 Å². The van der Waals surface area contributed by atoms with Crippen LogP contribution in [0.15, 0.2) is 12.1 Å². The molecule has 1 aliphatic rings. The summed E-state index contributed by atoms with van der Waals surface area (Å²) in [4.78, 5) is 0. The number of nitrogens with two attached hydrogens (primary N) is 1. The Balaban J connectivity index is 2.30. The monoisotopic (exact) mass is 193 g/mol. The number of hydrogen-bond acceptors (Lipinski definition) is 3. The average molecular weight is 193 g/mol. The van der Waals surface area contributed by atoms with E-state index in [1.165, 1.54) is 22.5 Å². The van der Waals surface area contributed by atoms with Crippen LogP contribution in [-0.4, -0.2) is 11.1 Å². The maximum Gasteiger partial charge on any atom is 0.107 e. The second-order valence-electron chi connectivity index (χ2n) is 3.36. The van der Waals surface area contributed by atoms with Crippen molar-refractivity contribution in [3.8, 4) is 0 Å². The van der Waals surface area contributed by atoms with Gasteiger partial charge < -0.3 is 15.6 Å². The van der Waals surface area contributed by atoms with E-state index in [2.05, 4.69) is 22.0 Å². The van der Waals surface area contributed by atoms with E-state index in [1.54, 1.807) is 11.3 Å². The minimum atomic E-state index is 0.908. The molecule has 4 heteroatoms. The van der Waals surface area contributed by atoms with Crippen LogP contribution in [0, 0.1) is 0 Å². The largest absolute Gasteiger partial charge is 0.391 e. The molecule has 0 fully saturated rings. The Morgan fingerprint density at radius 2 is 2.38 bits per heavy atom. The Morgan fingerprint density at radius 3 is 3.31 bits per heavy atom. The fourth-order valence-electron chi connectivity index (χ4n) is 1.90. The van der Waals surface area contributed by atoms with Crippen LogP contribution in [0.2, 0.25) is 0 Å². The minimum Gasteiger partial charge on any atom is -0.391 e. The van der Waals surface area contributed by atoms with Crippen LogP contribution in [-0.2, 0) is 6.54 Å². The summed E-state index contributed by atoms with van der Waals surface area (Å²) in [6.07, 6.45) is 1.20. The molecule has 3 rings (SSSR count). The molecule has 0 spiro atoms. The van der Waals surface area contributed by atoms with Gasteiger partial charge in [-0.2, -0.15) is 0 Å². The van der Waals surface area contributed by atoms with E-state index in [1.807, 2.05) is 0 Å². The maximum absolute atomic E-state index is 5.75. The Kier molecular flexibility index (Phi) is 1.35. The van der Waals surface area contributed by atoms with Crippen molar-refractivity contribution in [1.82, 2.24) is 4.57 Å². The number of fused-ring (bicyclic) bond motifs is 3. The lowest BCUT2D eigenvalue weighted by Gasteiger charge is -2.17. The summed E-state index contributed by atoms with van der Waals surface area (Å²) >= 11 is 1.66. The minimum absolute atomic E-state index is 0.908. The molecule has 0 amide bonds. The predicted molar refractivity (Wildman–Crippen MR) is 57.3 cm³/mol. The van der Waals surface area contributed by atoms with Crippen molar-refractivity contribution in [3.63, 3.8) is 0 Å². The molecular weight excluding hydrogens is 182 g/mol. The Hall–Kier alpha value is -1.16. The Morgan fingerprint density at radius 1 is 1.46 bits per heavy atom. The first-order valence-electron chi connectivity index (χ1n) is 4.47. The first kappa shape index (κ1) is 7.26. The molecule has 3 N–H and O–H groups in total. The van der Waals surface area contributed by atoms with Crippen molar-refractivity contribution in [3.05, 3.63) is 12.1 Å². The second-order valence-corrected chi connectivity index (χ2v) is 4.48. The highest BCUT2D eigenvalue weighted by Gasteiger charge is 2.13. The van der Waals surface area contributed by atoms with Crippen LogP contribution in [0.5, 0.6) is 0 Å². The number of nitrogens with zero attached hydrogens (tertiary/aromatic N) is 1. The summed E-state index contributed by atoms with van der Waals surface area (Å²) in [6, 6.07) is 4.26. The van der Waals surface area contributed by atoms with E-state index in [0.29, 0.717) is 0 Å². The summed E-state index contributed by atoms with van der Waals surface area (Å²) in [6.45, 7) is 2.20. The van der Waals surface area contributed by atoms with Crippen LogP contribution in [0.1, 0.15) is 6.42 Å². The molecule has 3 heterocycles. The first-order valence-corrected chi connectivity index (χ1v) is 5.29. The normalized spacial score (nSPS) is 15.7. The summed E-state index contributed by atoms with van der Waals surface area (Å²) in [5, 5.41) is 4.29. The van der Waals surface area contributed by atoms with Crippen LogP contribution in [0.4, 0.5) is 10.8 Å². The van der Waals surface area contributed by atoms with Crippen molar-refractivity contribution in [2.75, 3.05) is 17.6 Å². The molecule has 0 atom stereocenters. The van der Waals surface area contributed by atoms with Gasteiger partial charge in [0, 0.05) is 13.1 Å². The van der Waals surface area contributed by atoms with Crippen LogP contribution >= 0.6 is 11.3 Å². The van der Waals surface area contributed by atoms with Gasteiger partial charge in [-0.25, -0.2) is 0 Å². The zero-order valence-electron chi connectivity index (χ0n) is 7.21. The van der Waals surface area contributed by atoms with Gasteiger partial charge >= 0.3 is 0 Å². The number of rotatable bonds is 0. The van der Waals surface area contributed by atoms with E-state index in [4.69, 9.17) is 5.73 Å². The molecule has 3 nitrogen and oxygen atoms in total. The highest BCUT2D eigenvalue weighted by molar-refractivity contribution is 7.22. The van der Waals surface area contributed by atoms with Gasteiger partial charge in [0.1, 0.15) is 5.82 Å². The SMILES string of the molecule is Nc1cc2c(cc3n2CCCN3)s1. The van der Waals surface area contributed by atoms with Gasteiger partial charge in [-0.05, 0) is 18.6 Å². The molecule has 0 unspecified atom stereocenters. The van der Waals surface area contributed by atoms with Crippen molar-refractivity contribution in [2.24, 2.45) is 0 Å². The van der Waals surface area contributed by atoms with E-state index in [0.717, 1.165) is 18.1 Å². The highest BCUT2D eigenvalue weighted by Crippen LogP contribution is 2.34. The van der Waals surface area contributed by atoms with Crippen molar-refractivity contribution in [2.45, 2.75) is 13.0 Å². The van der Waals surface area contributed by atoms with Crippen LogP contribution < -0.4 is 11.1 Å². The molecule has 2 aromatic rings. The van der Waals surface area contributed by atoms with Gasteiger partial charge in [0.15, 0.2) is 0 Å². The smallest absolute Gasteiger partial charge is 0.107 e. The zero-order valence-corrected chi connectivity index (χ0v) is 8.03. The average Bonchev–Trinajstić information content (AvgIpc) is 2.60. The van der Waals surface area contributed by atoms with Crippen molar-refractivity contribution < 1.29 is 0 Å². The molecule has 2 aromatic heterocycles. The molecular formula is C9H11N3S. The lowest BCUT2D eigenvalue weighted by Crippen LogP contribution is -2.16. The number of nitrogen functional groups attached to an aromatic ring is 1. The Bertz CT molecular complexity index is 455. The number of thiophene rings is 1. The summed E-state index contributed by atoms with van der Waals surface area (Å²) in [5.74, 6) is 1.24. The quantitative estimate of drug-likeness (QED) is 0.673. The molecule has 1 aliphatic heterocycles. The number of aromatic nitrogens is 1. The standard InChI is InChI=1S/C9H11N3S/c10-8-4-6-7(13-8)5-9-11-2-1-3-12(6)9/h4-5,11H,1-3,10H2. The van der Waals surface area contributed by atoms with Crippen molar-refractivity contribution >= 4 is 32.4 Å². The molecule has 0 aromatic carbocycles. The molecule has 68 valence electrons. The van der Waals surface area contributed by atoms with E-state index < -0.39 is 0 Å². The topological polar surface area (TPSA) is 43.0 Å². The Labute approximate surface area is 80.2 Å². The van der Waals surface area contributed by atoms with Gasteiger partial charge in [0.25, 0.3) is 0 Å². The van der Waals surface area contributed by atoms with Gasteiger partial charge in [-0.1, -0.05) is 0 Å². The zero-order chi connectivity index (χ0) is 8.84. The number of nitrogens with one attached hydrogen (secondary N) is 1. The third kappa shape index (κ3) is 0.951.